The number of ether oxygens (including phenoxy) is 1. The highest BCUT2D eigenvalue weighted by Gasteiger charge is 2.24. The van der Waals surface area contributed by atoms with Crippen LogP contribution in [0.3, 0.4) is 0 Å². The molecule has 0 saturated carbocycles. The molecular weight excluding hydrogens is 354 g/mol. The summed E-state index contributed by atoms with van der Waals surface area (Å²) in [6.45, 7) is 4.24. The van der Waals surface area contributed by atoms with Gasteiger partial charge in [0.25, 0.3) is 0 Å². The molecule has 2 N–H and O–H groups in total. The van der Waals surface area contributed by atoms with Crippen LogP contribution < -0.4 is 5.32 Å². The quantitative estimate of drug-likeness (QED) is 0.713. The molecule has 1 aliphatic rings. The van der Waals surface area contributed by atoms with E-state index in [-0.39, 0.29) is 12.1 Å². The third-order valence-corrected chi connectivity index (χ3v) is 4.95. The van der Waals surface area contributed by atoms with Crippen LogP contribution in [0.4, 0.5) is 4.79 Å². The number of imidazole rings is 1. The maximum Gasteiger partial charge on any atom is 0.317 e. The fourth-order valence-electron chi connectivity index (χ4n) is 3.48. The van der Waals surface area contributed by atoms with Gasteiger partial charge in [0.05, 0.1) is 36.0 Å². The molecule has 0 radical (unpaired) electrons. The van der Waals surface area contributed by atoms with E-state index in [4.69, 9.17) is 4.74 Å². The Hall–Kier alpha value is -2.93. The van der Waals surface area contributed by atoms with Crippen molar-refractivity contribution in [1.82, 2.24) is 25.2 Å². The predicted octanol–water partition coefficient (Wildman–Crippen LogP) is 3.16. The van der Waals surface area contributed by atoms with Crippen molar-refractivity contribution in [2.24, 2.45) is 0 Å². The van der Waals surface area contributed by atoms with Gasteiger partial charge in [-0.25, -0.2) is 9.78 Å². The van der Waals surface area contributed by atoms with Crippen molar-refractivity contribution in [3.63, 3.8) is 0 Å². The predicted molar refractivity (Wildman–Crippen MR) is 107 cm³/mol. The van der Waals surface area contributed by atoms with Crippen molar-refractivity contribution in [2.75, 3.05) is 13.1 Å². The number of rotatable bonds is 5. The van der Waals surface area contributed by atoms with Gasteiger partial charge in [0.2, 0.25) is 0 Å². The van der Waals surface area contributed by atoms with E-state index in [0.29, 0.717) is 19.7 Å². The Bertz CT molecular complexity index is 940. The fourth-order valence-corrected chi connectivity index (χ4v) is 3.48. The van der Waals surface area contributed by atoms with Gasteiger partial charge >= 0.3 is 6.03 Å². The molecule has 4 rings (SSSR count). The van der Waals surface area contributed by atoms with E-state index in [1.165, 1.54) is 5.56 Å². The largest absolute Gasteiger partial charge is 0.370 e. The van der Waals surface area contributed by atoms with Crippen LogP contribution in [0.5, 0.6) is 0 Å². The number of nitrogens with zero attached hydrogens (tertiary/aromatic N) is 3. The molecule has 146 valence electrons. The first-order valence-corrected chi connectivity index (χ1v) is 9.67. The van der Waals surface area contributed by atoms with Gasteiger partial charge in [0.15, 0.2) is 0 Å². The minimum absolute atomic E-state index is 0.0377. The molecule has 1 aliphatic heterocycles. The van der Waals surface area contributed by atoms with Crippen LogP contribution in [0.2, 0.25) is 0 Å². The Morgan fingerprint density at radius 3 is 3.14 bits per heavy atom. The first-order valence-electron chi connectivity index (χ1n) is 9.67. The summed E-state index contributed by atoms with van der Waals surface area (Å²) in [5.74, 6) is 0.758. The second kappa shape index (κ2) is 8.39. The van der Waals surface area contributed by atoms with Crippen LogP contribution in [0, 0.1) is 6.92 Å². The van der Waals surface area contributed by atoms with E-state index >= 15 is 0 Å². The SMILES string of the molecule is Cc1ccc2nc(CNC(=O)N3CCCC(OCc4ccccn4)C3)[nH]c2c1. The number of amides is 2. The highest BCUT2D eigenvalue weighted by atomic mass is 16.5. The number of aryl methyl sites for hydroxylation is 1. The highest BCUT2D eigenvalue weighted by molar-refractivity contribution is 5.76. The Balaban J connectivity index is 1.28. The topological polar surface area (TPSA) is 83.1 Å². The molecule has 2 amide bonds. The van der Waals surface area contributed by atoms with Crippen LogP contribution in [0.25, 0.3) is 11.0 Å². The zero-order chi connectivity index (χ0) is 19.3. The number of carbonyl (C=O) groups is 1. The van der Waals surface area contributed by atoms with E-state index in [1.807, 2.05) is 42.2 Å². The number of likely N-dealkylation sites (tertiary alicyclic amines) is 1. The molecule has 1 atom stereocenters. The zero-order valence-corrected chi connectivity index (χ0v) is 16.0. The number of piperidine rings is 1. The van der Waals surface area contributed by atoms with Gasteiger partial charge in [-0.05, 0) is 49.6 Å². The van der Waals surface area contributed by atoms with Crippen LogP contribution in [-0.4, -0.2) is 45.1 Å². The summed E-state index contributed by atoms with van der Waals surface area (Å²) in [4.78, 5) is 26.5. The molecule has 3 heterocycles. The number of aromatic nitrogens is 3. The lowest BCUT2D eigenvalue weighted by Crippen LogP contribution is -2.47. The standard InChI is InChI=1S/C21H25N5O2/c1-15-7-8-18-19(11-15)25-20(24-18)12-23-21(27)26-10-4-6-17(13-26)28-14-16-5-2-3-9-22-16/h2-3,5,7-9,11,17H,4,6,10,12-14H2,1H3,(H,23,27)(H,24,25). The van der Waals surface area contributed by atoms with E-state index in [0.717, 1.165) is 41.9 Å². The average Bonchev–Trinajstić information content (AvgIpc) is 3.13. The summed E-state index contributed by atoms with van der Waals surface area (Å²) in [5.41, 5.74) is 3.99. The minimum Gasteiger partial charge on any atom is -0.370 e. The Labute approximate surface area is 164 Å². The van der Waals surface area contributed by atoms with Gasteiger partial charge in [-0.1, -0.05) is 12.1 Å². The minimum atomic E-state index is -0.0808. The lowest BCUT2D eigenvalue weighted by molar-refractivity contribution is -0.00169. The molecular formula is C21H25N5O2. The number of urea groups is 1. The molecule has 7 nitrogen and oxygen atoms in total. The summed E-state index contributed by atoms with van der Waals surface area (Å²) in [6, 6.07) is 11.8. The molecule has 28 heavy (non-hydrogen) atoms. The molecule has 1 unspecified atom stereocenters. The molecule has 1 fully saturated rings. The van der Waals surface area contributed by atoms with Gasteiger partial charge in [0.1, 0.15) is 5.82 Å². The molecule has 7 heteroatoms. The van der Waals surface area contributed by atoms with Gasteiger partial charge in [-0.15, -0.1) is 0 Å². The normalized spacial score (nSPS) is 17.0. The second-order valence-corrected chi connectivity index (χ2v) is 7.21. The fraction of sp³-hybridized carbons (Fsp3) is 0.381. The van der Waals surface area contributed by atoms with Gasteiger partial charge < -0.3 is 19.9 Å². The molecule has 0 spiro atoms. The number of hydrogen-bond donors (Lipinski definition) is 2. The number of H-pyrrole nitrogens is 1. The molecule has 0 bridgehead atoms. The Morgan fingerprint density at radius 2 is 2.29 bits per heavy atom. The lowest BCUT2D eigenvalue weighted by atomic mass is 10.1. The smallest absolute Gasteiger partial charge is 0.317 e. The number of hydrogen-bond acceptors (Lipinski definition) is 4. The van der Waals surface area contributed by atoms with E-state index < -0.39 is 0 Å². The number of nitrogens with one attached hydrogen (secondary N) is 2. The zero-order valence-electron chi connectivity index (χ0n) is 16.0. The number of fused-ring (bicyclic) bond motifs is 1. The average molecular weight is 379 g/mol. The number of benzene rings is 1. The summed E-state index contributed by atoms with van der Waals surface area (Å²) in [5, 5.41) is 2.96. The summed E-state index contributed by atoms with van der Waals surface area (Å²) in [6.07, 6.45) is 3.69. The Kier molecular flexibility index (Phi) is 5.53. The molecule has 3 aromatic rings. The van der Waals surface area contributed by atoms with Crippen molar-refractivity contribution >= 4 is 17.1 Å². The van der Waals surface area contributed by atoms with Gasteiger partial charge in [-0.3, -0.25) is 4.98 Å². The molecule has 1 saturated heterocycles. The van der Waals surface area contributed by atoms with E-state index in [1.54, 1.807) is 6.20 Å². The first-order chi connectivity index (χ1) is 13.7. The first kappa shape index (κ1) is 18.4. The third kappa shape index (κ3) is 4.48. The monoisotopic (exact) mass is 379 g/mol. The van der Waals surface area contributed by atoms with Gasteiger partial charge in [-0.2, -0.15) is 0 Å². The van der Waals surface area contributed by atoms with E-state index in [9.17, 15) is 4.79 Å². The highest BCUT2D eigenvalue weighted by Crippen LogP contribution is 2.16. The van der Waals surface area contributed by atoms with Crippen molar-refractivity contribution in [3.8, 4) is 0 Å². The van der Waals surface area contributed by atoms with Crippen LogP contribution in [0.15, 0.2) is 42.6 Å². The van der Waals surface area contributed by atoms with Gasteiger partial charge in [0, 0.05) is 19.3 Å². The maximum atomic E-state index is 12.6. The van der Waals surface area contributed by atoms with Crippen LogP contribution in [-0.2, 0) is 17.9 Å². The Morgan fingerprint density at radius 1 is 1.36 bits per heavy atom. The maximum absolute atomic E-state index is 12.6. The number of aromatic amines is 1. The van der Waals surface area contributed by atoms with Crippen molar-refractivity contribution < 1.29 is 9.53 Å². The summed E-state index contributed by atoms with van der Waals surface area (Å²) >= 11 is 0. The number of pyridine rings is 1. The summed E-state index contributed by atoms with van der Waals surface area (Å²) < 4.78 is 5.96. The van der Waals surface area contributed by atoms with Crippen molar-refractivity contribution in [2.45, 2.75) is 39.0 Å². The molecule has 1 aromatic carbocycles. The summed E-state index contributed by atoms with van der Waals surface area (Å²) in [7, 11) is 0. The second-order valence-electron chi connectivity index (χ2n) is 7.21. The van der Waals surface area contributed by atoms with Crippen LogP contribution >= 0.6 is 0 Å². The van der Waals surface area contributed by atoms with E-state index in [2.05, 4.69) is 26.3 Å². The third-order valence-electron chi connectivity index (χ3n) is 4.95. The molecule has 2 aromatic heterocycles. The van der Waals surface area contributed by atoms with Crippen molar-refractivity contribution in [1.29, 1.82) is 0 Å². The van der Waals surface area contributed by atoms with Crippen LogP contribution in [0.1, 0.15) is 29.9 Å². The number of carbonyl (C=O) groups excluding carboxylic acids is 1. The van der Waals surface area contributed by atoms with Crippen molar-refractivity contribution in [3.05, 3.63) is 59.7 Å². The molecule has 0 aliphatic carbocycles. The lowest BCUT2D eigenvalue weighted by Gasteiger charge is -2.32.